The molecule has 1 rings (SSSR count). The minimum atomic E-state index is -0.560. The van der Waals surface area contributed by atoms with Crippen molar-refractivity contribution in [1.82, 2.24) is 0 Å². The van der Waals surface area contributed by atoms with Crippen molar-refractivity contribution in [2.75, 3.05) is 33.5 Å². The van der Waals surface area contributed by atoms with Gasteiger partial charge in [0.15, 0.2) is 0 Å². The van der Waals surface area contributed by atoms with Crippen LogP contribution in [0, 0.1) is 0 Å². The second kappa shape index (κ2) is 13.7. The summed E-state index contributed by atoms with van der Waals surface area (Å²) in [5.74, 6) is 0. The SMILES string of the molecule is CCCCCCC[SiH](CCCOC)CCCOCC1CO1. The lowest BCUT2D eigenvalue weighted by Crippen LogP contribution is -2.14. The molecule has 0 spiro atoms. The molecule has 126 valence electrons. The van der Waals surface area contributed by atoms with Crippen LogP contribution in [0.5, 0.6) is 0 Å². The van der Waals surface area contributed by atoms with E-state index in [1.807, 2.05) is 7.11 Å². The summed E-state index contributed by atoms with van der Waals surface area (Å²) in [7, 11) is 1.25. The van der Waals surface area contributed by atoms with E-state index in [4.69, 9.17) is 14.2 Å². The Labute approximate surface area is 133 Å². The molecule has 2 atom stereocenters. The molecule has 1 aliphatic heterocycles. The van der Waals surface area contributed by atoms with Gasteiger partial charge in [-0.2, -0.15) is 0 Å². The molecule has 21 heavy (non-hydrogen) atoms. The van der Waals surface area contributed by atoms with Crippen molar-refractivity contribution in [2.24, 2.45) is 0 Å². The Kier molecular flexibility index (Phi) is 12.5. The zero-order valence-corrected chi connectivity index (χ0v) is 15.4. The highest BCUT2D eigenvalue weighted by Crippen LogP contribution is 2.17. The van der Waals surface area contributed by atoms with Gasteiger partial charge < -0.3 is 14.2 Å². The van der Waals surface area contributed by atoms with Gasteiger partial charge in [-0.25, -0.2) is 0 Å². The Morgan fingerprint density at radius 1 is 0.952 bits per heavy atom. The van der Waals surface area contributed by atoms with Crippen LogP contribution in [-0.4, -0.2) is 48.4 Å². The van der Waals surface area contributed by atoms with E-state index in [-0.39, 0.29) is 0 Å². The van der Waals surface area contributed by atoms with Gasteiger partial charge in [0.1, 0.15) is 6.10 Å². The number of unbranched alkanes of at least 4 members (excludes halogenated alkanes) is 4. The minimum absolute atomic E-state index is 0.415. The third kappa shape index (κ3) is 12.3. The van der Waals surface area contributed by atoms with Gasteiger partial charge in [0.25, 0.3) is 0 Å². The summed E-state index contributed by atoms with van der Waals surface area (Å²) in [6.07, 6.45) is 10.0. The lowest BCUT2D eigenvalue weighted by Gasteiger charge is -2.15. The highest BCUT2D eigenvalue weighted by Gasteiger charge is 2.22. The van der Waals surface area contributed by atoms with Gasteiger partial charge in [0.05, 0.1) is 13.2 Å². The fourth-order valence-corrected chi connectivity index (χ4v) is 6.06. The van der Waals surface area contributed by atoms with Crippen molar-refractivity contribution in [1.29, 1.82) is 0 Å². The van der Waals surface area contributed by atoms with Gasteiger partial charge in [-0.15, -0.1) is 0 Å². The summed E-state index contributed by atoms with van der Waals surface area (Å²) in [4.78, 5) is 0. The van der Waals surface area contributed by atoms with Gasteiger partial charge in [0, 0.05) is 29.1 Å². The van der Waals surface area contributed by atoms with E-state index in [0.717, 1.165) is 26.4 Å². The fourth-order valence-electron chi connectivity index (χ4n) is 2.84. The van der Waals surface area contributed by atoms with Crippen LogP contribution in [-0.2, 0) is 14.2 Å². The molecule has 2 unspecified atom stereocenters. The normalized spacial score (nSPS) is 18.9. The number of epoxide rings is 1. The molecule has 0 aromatic carbocycles. The summed E-state index contributed by atoms with van der Waals surface area (Å²) >= 11 is 0. The van der Waals surface area contributed by atoms with Crippen LogP contribution in [0.3, 0.4) is 0 Å². The molecule has 0 aromatic rings. The number of hydrogen-bond acceptors (Lipinski definition) is 3. The average molecular weight is 317 g/mol. The van der Waals surface area contributed by atoms with E-state index in [2.05, 4.69) is 6.92 Å². The summed E-state index contributed by atoms with van der Waals surface area (Å²) < 4.78 is 16.0. The zero-order chi connectivity index (χ0) is 15.2. The van der Waals surface area contributed by atoms with Gasteiger partial charge in [-0.1, -0.05) is 57.2 Å². The molecular weight excluding hydrogens is 280 g/mol. The standard InChI is InChI=1S/C17H36O3Si/c1-3-4-5-6-7-12-21(13-8-10-18-2)14-9-11-19-15-17-16-20-17/h17,21H,3-16H2,1-2H3. The molecule has 1 fully saturated rings. The van der Waals surface area contributed by atoms with Crippen LogP contribution in [0.1, 0.15) is 51.9 Å². The number of ether oxygens (including phenoxy) is 3. The molecule has 1 saturated heterocycles. The van der Waals surface area contributed by atoms with E-state index in [9.17, 15) is 0 Å². The lowest BCUT2D eigenvalue weighted by atomic mass is 10.2. The van der Waals surface area contributed by atoms with Gasteiger partial charge in [-0.05, 0) is 12.8 Å². The second-order valence-electron chi connectivity index (χ2n) is 6.38. The van der Waals surface area contributed by atoms with E-state index in [1.165, 1.54) is 63.1 Å². The highest BCUT2D eigenvalue weighted by atomic mass is 28.3. The van der Waals surface area contributed by atoms with Crippen LogP contribution in [0.25, 0.3) is 0 Å². The first-order chi connectivity index (χ1) is 10.4. The molecular formula is C17H36O3Si. The lowest BCUT2D eigenvalue weighted by molar-refractivity contribution is 0.117. The van der Waals surface area contributed by atoms with Gasteiger partial charge >= 0.3 is 0 Å². The number of rotatable bonds is 16. The van der Waals surface area contributed by atoms with Crippen LogP contribution < -0.4 is 0 Å². The van der Waals surface area contributed by atoms with Crippen molar-refractivity contribution in [3.05, 3.63) is 0 Å². The van der Waals surface area contributed by atoms with Crippen molar-refractivity contribution >= 4 is 8.80 Å². The Hall–Kier alpha value is 0.0969. The predicted octanol–water partition coefficient (Wildman–Crippen LogP) is 4.03. The smallest absolute Gasteiger partial charge is 0.104 e. The molecule has 0 aliphatic carbocycles. The number of methoxy groups -OCH3 is 1. The molecule has 1 heterocycles. The van der Waals surface area contributed by atoms with Crippen LogP contribution in [0.2, 0.25) is 18.1 Å². The highest BCUT2D eigenvalue weighted by molar-refractivity contribution is 6.58. The Morgan fingerprint density at radius 2 is 1.62 bits per heavy atom. The van der Waals surface area contributed by atoms with Crippen LogP contribution in [0.15, 0.2) is 0 Å². The fraction of sp³-hybridized carbons (Fsp3) is 1.00. The maximum absolute atomic E-state index is 5.66. The van der Waals surface area contributed by atoms with E-state index in [1.54, 1.807) is 0 Å². The summed E-state index contributed by atoms with van der Waals surface area (Å²) in [6.45, 7) is 5.88. The predicted molar refractivity (Wildman–Crippen MR) is 92.0 cm³/mol. The van der Waals surface area contributed by atoms with Crippen molar-refractivity contribution in [3.63, 3.8) is 0 Å². The van der Waals surface area contributed by atoms with Crippen LogP contribution in [0.4, 0.5) is 0 Å². The molecule has 3 nitrogen and oxygen atoms in total. The Balaban J connectivity index is 2.01. The zero-order valence-electron chi connectivity index (χ0n) is 14.3. The third-order valence-corrected chi connectivity index (χ3v) is 7.96. The van der Waals surface area contributed by atoms with E-state index >= 15 is 0 Å². The first-order valence-corrected chi connectivity index (χ1v) is 11.5. The molecule has 0 radical (unpaired) electrons. The average Bonchev–Trinajstić information content (AvgIpc) is 3.30. The molecule has 0 saturated carbocycles. The largest absolute Gasteiger partial charge is 0.385 e. The molecule has 4 heteroatoms. The maximum Gasteiger partial charge on any atom is 0.104 e. The minimum Gasteiger partial charge on any atom is -0.385 e. The van der Waals surface area contributed by atoms with Gasteiger partial charge in [-0.3, -0.25) is 0 Å². The Bertz CT molecular complexity index is 222. The van der Waals surface area contributed by atoms with Crippen molar-refractivity contribution < 1.29 is 14.2 Å². The van der Waals surface area contributed by atoms with E-state index in [0.29, 0.717) is 6.10 Å². The van der Waals surface area contributed by atoms with Crippen molar-refractivity contribution in [2.45, 2.75) is 76.1 Å². The molecule has 0 aromatic heterocycles. The summed E-state index contributed by atoms with van der Waals surface area (Å²) in [5, 5.41) is 0. The quantitative estimate of drug-likeness (QED) is 0.245. The summed E-state index contributed by atoms with van der Waals surface area (Å²) in [5.41, 5.74) is 0. The summed E-state index contributed by atoms with van der Waals surface area (Å²) in [6, 6.07) is 4.43. The molecule has 0 N–H and O–H groups in total. The molecule has 1 aliphatic rings. The monoisotopic (exact) mass is 316 g/mol. The van der Waals surface area contributed by atoms with E-state index < -0.39 is 8.80 Å². The van der Waals surface area contributed by atoms with Crippen molar-refractivity contribution in [3.8, 4) is 0 Å². The first-order valence-electron chi connectivity index (χ1n) is 9.05. The maximum atomic E-state index is 5.66. The topological polar surface area (TPSA) is 31.0 Å². The number of hydrogen-bond donors (Lipinski definition) is 0. The third-order valence-electron chi connectivity index (χ3n) is 4.28. The molecule has 0 bridgehead atoms. The van der Waals surface area contributed by atoms with Crippen LogP contribution >= 0.6 is 0 Å². The second-order valence-corrected chi connectivity index (χ2v) is 9.84. The Morgan fingerprint density at radius 3 is 2.29 bits per heavy atom. The first kappa shape index (κ1) is 19.1. The van der Waals surface area contributed by atoms with Gasteiger partial charge in [0.2, 0.25) is 0 Å². The molecule has 0 amide bonds.